The number of ether oxygens (including phenoxy) is 1. The molecule has 0 saturated carbocycles. The summed E-state index contributed by atoms with van der Waals surface area (Å²) >= 11 is 0. The third kappa shape index (κ3) is 3.01. The fourth-order valence-electron chi connectivity index (χ4n) is 2.66. The molecule has 1 aromatic carbocycles. The van der Waals surface area contributed by atoms with E-state index in [1.165, 1.54) is 42.5 Å². The van der Waals surface area contributed by atoms with Crippen LogP contribution in [0.25, 0.3) is 0 Å². The third-order valence-electron chi connectivity index (χ3n) is 3.82. The zero-order valence-corrected chi connectivity index (χ0v) is 11.2. The summed E-state index contributed by atoms with van der Waals surface area (Å²) in [6, 6.07) is 4.52. The van der Waals surface area contributed by atoms with Gasteiger partial charge < -0.3 is 10.1 Å². The summed E-state index contributed by atoms with van der Waals surface area (Å²) in [5.41, 5.74) is 4.01. The van der Waals surface area contributed by atoms with Crippen LogP contribution in [-0.4, -0.2) is 20.2 Å². The molecule has 1 aliphatic rings. The summed E-state index contributed by atoms with van der Waals surface area (Å²) in [6.45, 7) is 6.64. The Bertz CT molecular complexity index is 381. The van der Waals surface area contributed by atoms with Gasteiger partial charge in [-0.1, -0.05) is 6.07 Å². The predicted molar refractivity (Wildman–Crippen MR) is 71.8 cm³/mol. The molecule has 1 aliphatic heterocycles. The van der Waals surface area contributed by atoms with Gasteiger partial charge in [0.2, 0.25) is 0 Å². The van der Waals surface area contributed by atoms with Gasteiger partial charge in [-0.2, -0.15) is 0 Å². The molecule has 1 saturated heterocycles. The Labute approximate surface area is 104 Å². The molecular formula is C15H23NO. The molecule has 1 heterocycles. The van der Waals surface area contributed by atoms with Crippen LogP contribution >= 0.6 is 0 Å². The minimum Gasteiger partial charge on any atom is -0.496 e. The predicted octanol–water partition coefficient (Wildman–Crippen LogP) is 2.85. The SMILES string of the molecule is COc1cc(CC2CCCNC2)cc(C)c1C. The van der Waals surface area contributed by atoms with Gasteiger partial charge in [0.1, 0.15) is 5.75 Å². The van der Waals surface area contributed by atoms with Gasteiger partial charge in [0.15, 0.2) is 0 Å². The van der Waals surface area contributed by atoms with Crippen molar-refractivity contribution in [2.24, 2.45) is 5.92 Å². The van der Waals surface area contributed by atoms with Gasteiger partial charge in [-0.05, 0) is 74.9 Å². The first kappa shape index (κ1) is 12.4. The van der Waals surface area contributed by atoms with E-state index < -0.39 is 0 Å². The van der Waals surface area contributed by atoms with Crippen LogP contribution < -0.4 is 10.1 Å². The zero-order valence-electron chi connectivity index (χ0n) is 11.2. The van der Waals surface area contributed by atoms with Gasteiger partial charge in [0.25, 0.3) is 0 Å². The van der Waals surface area contributed by atoms with Gasteiger partial charge >= 0.3 is 0 Å². The van der Waals surface area contributed by atoms with Gasteiger partial charge in [-0.25, -0.2) is 0 Å². The Morgan fingerprint density at radius 3 is 2.82 bits per heavy atom. The topological polar surface area (TPSA) is 21.3 Å². The van der Waals surface area contributed by atoms with Crippen molar-refractivity contribution in [3.05, 3.63) is 28.8 Å². The molecule has 1 unspecified atom stereocenters. The highest BCUT2D eigenvalue weighted by Crippen LogP contribution is 2.26. The van der Waals surface area contributed by atoms with Gasteiger partial charge in [-0.15, -0.1) is 0 Å². The van der Waals surface area contributed by atoms with Crippen LogP contribution in [0.2, 0.25) is 0 Å². The lowest BCUT2D eigenvalue weighted by atomic mass is 9.91. The van der Waals surface area contributed by atoms with E-state index in [2.05, 4.69) is 31.3 Å². The molecule has 17 heavy (non-hydrogen) atoms. The smallest absolute Gasteiger partial charge is 0.122 e. The number of nitrogens with one attached hydrogen (secondary N) is 1. The Balaban J connectivity index is 2.12. The summed E-state index contributed by atoms with van der Waals surface area (Å²) in [5.74, 6) is 1.82. The second-order valence-electron chi connectivity index (χ2n) is 5.16. The first-order valence-corrected chi connectivity index (χ1v) is 6.55. The monoisotopic (exact) mass is 233 g/mol. The van der Waals surface area contributed by atoms with E-state index in [9.17, 15) is 0 Å². The van der Waals surface area contributed by atoms with Crippen LogP contribution in [0.3, 0.4) is 0 Å². The molecule has 1 atom stereocenters. The Hall–Kier alpha value is -1.02. The maximum Gasteiger partial charge on any atom is 0.122 e. The van der Waals surface area contributed by atoms with Crippen LogP contribution in [0.4, 0.5) is 0 Å². The molecule has 2 nitrogen and oxygen atoms in total. The zero-order chi connectivity index (χ0) is 12.3. The number of rotatable bonds is 3. The maximum atomic E-state index is 5.44. The number of hydrogen-bond donors (Lipinski definition) is 1. The first-order valence-electron chi connectivity index (χ1n) is 6.55. The van der Waals surface area contributed by atoms with Crippen molar-refractivity contribution < 1.29 is 4.74 Å². The van der Waals surface area contributed by atoms with Crippen LogP contribution in [0.1, 0.15) is 29.5 Å². The summed E-state index contributed by atoms with van der Waals surface area (Å²) in [4.78, 5) is 0. The Morgan fingerprint density at radius 2 is 2.18 bits per heavy atom. The average Bonchev–Trinajstić information content (AvgIpc) is 2.35. The van der Waals surface area contributed by atoms with Crippen LogP contribution in [0.5, 0.6) is 5.75 Å². The van der Waals surface area contributed by atoms with Crippen molar-refractivity contribution in [1.29, 1.82) is 0 Å². The van der Waals surface area contributed by atoms with Crippen molar-refractivity contribution in [3.8, 4) is 5.75 Å². The fraction of sp³-hybridized carbons (Fsp3) is 0.600. The van der Waals surface area contributed by atoms with Crippen molar-refractivity contribution in [2.45, 2.75) is 33.1 Å². The van der Waals surface area contributed by atoms with Gasteiger partial charge in [0, 0.05) is 0 Å². The lowest BCUT2D eigenvalue weighted by molar-refractivity contribution is 0.374. The molecular weight excluding hydrogens is 210 g/mol. The second-order valence-corrected chi connectivity index (χ2v) is 5.16. The van der Waals surface area contributed by atoms with E-state index in [-0.39, 0.29) is 0 Å². The van der Waals surface area contributed by atoms with E-state index in [1.54, 1.807) is 7.11 Å². The van der Waals surface area contributed by atoms with E-state index in [0.717, 1.165) is 18.2 Å². The first-order chi connectivity index (χ1) is 8.20. The number of aryl methyl sites for hydroxylation is 1. The maximum absolute atomic E-state index is 5.44. The second kappa shape index (κ2) is 5.54. The van der Waals surface area contributed by atoms with Crippen LogP contribution in [0.15, 0.2) is 12.1 Å². The fourth-order valence-corrected chi connectivity index (χ4v) is 2.66. The highest BCUT2D eigenvalue weighted by molar-refractivity contribution is 5.42. The summed E-state index contributed by atoms with van der Waals surface area (Å²) in [6.07, 6.45) is 3.83. The number of hydrogen-bond acceptors (Lipinski definition) is 2. The molecule has 0 amide bonds. The molecule has 94 valence electrons. The molecule has 0 aromatic heterocycles. The standard InChI is InChI=1S/C15H23NO/c1-11-7-14(9-15(17-3)12(11)2)8-13-5-4-6-16-10-13/h7,9,13,16H,4-6,8,10H2,1-3H3. The molecule has 2 rings (SSSR count). The molecule has 0 bridgehead atoms. The Morgan fingerprint density at radius 1 is 1.35 bits per heavy atom. The molecule has 2 heteroatoms. The van der Waals surface area contributed by atoms with Crippen molar-refractivity contribution in [2.75, 3.05) is 20.2 Å². The third-order valence-corrected chi connectivity index (χ3v) is 3.82. The van der Waals surface area contributed by atoms with E-state index in [4.69, 9.17) is 4.74 Å². The van der Waals surface area contributed by atoms with Crippen molar-refractivity contribution in [1.82, 2.24) is 5.32 Å². The van der Waals surface area contributed by atoms with Crippen molar-refractivity contribution in [3.63, 3.8) is 0 Å². The quantitative estimate of drug-likeness (QED) is 0.867. The van der Waals surface area contributed by atoms with Crippen molar-refractivity contribution >= 4 is 0 Å². The van der Waals surface area contributed by atoms with E-state index in [0.29, 0.717) is 0 Å². The molecule has 1 fully saturated rings. The molecule has 1 aromatic rings. The lowest BCUT2D eigenvalue weighted by Gasteiger charge is -2.23. The van der Waals surface area contributed by atoms with E-state index >= 15 is 0 Å². The highest BCUT2D eigenvalue weighted by atomic mass is 16.5. The summed E-state index contributed by atoms with van der Waals surface area (Å²) in [7, 11) is 1.76. The molecule has 0 aliphatic carbocycles. The number of piperidine rings is 1. The average molecular weight is 233 g/mol. The summed E-state index contributed by atoms with van der Waals surface area (Å²) in [5, 5.41) is 3.48. The van der Waals surface area contributed by atoms with E-state index in [1.807, 2.05) is 0 Å². The van der Waals surface area contributed by atoms with Gasteiger partial charge in [-0.3, -0.25) is 0 Å². The van der Waals surface area contributed by atoms with Crippen LogP contribution in [-0.2, 0) is 6.42 Å². The normalized spacial score (nSPS) is 20.3. The minimum atomic E-state index is 0.788. The molecule has 0 radical (unpaired) electrons. The highest BCUT2D eigenvalue weighted by Gasteiger charge is 2.14. The summed E-state index contributed by atoms with van der Waals surface area (Å²) < 4.78 is 5.44. The van der Waals surface area contributed by atoms with Crippen LogP contribution in [0, 0.1) is 19.8 Å². The number of benzene rings is 1. The largest absolute Gasteiger partial charge is 0.496 e. The molecule has 0 spiro atoms. The lowest BCUT2D eigenvalue weighted by Crippen LogP contribution is -2.30. The van der Waals surface area contributed by atoms with Gasteiger partial charge in [0.05, 0.1) is 7.11 Å². The Kier molecular flexibility index (Phi) is 4.06. The number of methoxy groups -OCH3 is 1. The minimum absolute atomic E-state index is 0.788. The molecule has 1 N–H and O–H groups in total.